The highest BCUT2D eigenvalue weighted by molar-refractivity contribution is 9.10. The van der Waals surface area contributed by atoms with Gasteiger partial charge in [-0.1, -0.05) is 28.4 Å². The Morgan fingerprint density at radius 1 is 1.09 bits per heavy atom. The molecule has 0 bridgehead atoms. The molecule has 2 amide bonds. The zero-order valence-electron chi connectivity index (χ0n) is 12.6. The molecule has 1 aliphatic heterocycles. The van der Waals surface area contributed by atoms with Gasteiger partial charge in [0.2, 0.25) is 11.8 Å². The van der Waals surface area contributed by atoms with Crippen LogP contribution >= 0.6 is 15.9 Å². The molecule has 1 saturated heterocycles. The van der Waals surface area contributed by atoms with Crippen LogP contribution in [-0.4, -0.2) is 29.8 Å². The van der Waals surface area contributed by atoms with Gasteiger partial charge in [-0.25, -0.2) is 0 Å². The van der Waals surface area contributed by atoms with Crippen LogP contribution in [0.3, 0.4) is 0 Å². The highest BCUT2D eigenvalue weighted by Gasteiger charge is 2.33. The van der Waals surface area contributed by atoms with Gasteiger partial charge >= 0.3 is 0 Å². The van der Waals surface area contributed by atoms with E-state index in [9.17, 15) is 9.59 Å². The van der Waals surface area contributed by atoms with Crippen LogP contribution in [0, 0.1) is 11.8 Å². The summed E-state index contributed by atoms with van der Waals surface area (Å²) in [7, 11) is 0. The smallest absolute Gasteiger partial charge is 0.227 e. The standard InChI is InChI=1S/C17H21BrN2O2/c18-14-5-2-6-15(11-14)19-16(21)12-7-9-20(10-8-12)17(22)13-3-1-4-13/h2,5-6,11-13H,1,3-4,7-10H2,(H,19,21). The molecule has 5 heteroatoms. The first-order chi connectivity index (χ1) is 10.6. The molecule has 1 N–H and O–H groups in total. The number of hydrogen-bond donors (Lipinski definition) is 1. The van der Waals surface area contributed by atoms with Crippen molar-refractivity contribution in [2.75, 3.05) is 18.4 Å². The third-order valence-corrected chi connectivity index (χ3v) is 5.22. The van der Waals surface area contributed by atoms with Crippen molar-refractivity contribution in [3.63, 3.8) is 0 Å². The fraction of sp³-hybridized carbons (Fsp3) is 0.529. The number of nitrogens with zero attached hydrogens (tertiary/aromatic N) is 1. The van der Waals surface area contributed by atoms with Crippen LogP contribution in [0.1, 0.15) is 32.1 Å². The normalized spacial score (nSPS) is 19.6. The highest BCUT2D eigenvalue weighted by atomic mass is 79.9. The molecule has 0 atom stereocenters. The number of benzene rings is 1. The molecule has 0 aromatic heterocycles. The van der Waals surface area contributed by atoms with Gasteiger partial charge in [-0.05, 0) is 43.9 Å². The predicted octanol–water partition coefficient (Wildman–Crippen LogP) is 3.43. The zero-order valence-corrected chi connectivity index (χ0v) is 14.1. The van der Waals surface area contributed by atoms with Crippen molar-refractivity contribution in [1.82, 2.24) is 4.90 Å². The summed E-state index contributed by atoms with van der Waals surface area (Å²) in [5.41, 5.74) is 0.812. The summed E-state index contributed by atoms with van der Waals surface area (Å²) in [6.07, 6.45) is 4.79. The van der Waals surface area contributed by atoms with Crippen LogP contribution in [0.15, 0.2) is 28.7 Å². The van der Waals surface area contributed by atoms with Gasteiger partial charge in [-0.3, -0.25) is 9.59 Å². The lowest BCUT2D eigenvalue weighted by atomic mass is 9.83. The summed E-state index contributed by atoms with van der Waals surface area (Å²) >= 11 is 3.40. The minimum Gasteiger partial charge on any atom is -0.342 e. The first kappa shape index (κ1) is 15.5. The maximum Gasteiger partial charge on any atom is 0.227 e. The first-order valence-electron chi connectivity index (χ1n) is 7.99. The van der Waals surface area contributed by atoms with Crippen molar-refractivity contribution >= 4 is 33.4 Å². The largest absolute Gasteiger partial charge is 0.342 e. The summed E-state index contributed by atoms with van der Waals surface area (Å²) in [5.74, 6) is 0.627. The van der Waals surface area contributed by atoms with Crippen LogP contribution in [0.5, 0.6) is 0 Å². The molecule has 4 nitrogen and oxygen atoms in total. The number of hydrogen-bond acceptors (Lipinski definition) is 2. The molecule has 1 aromatic rings. The topological polar surface area (TPSA) is 49.4 Å². The second kappa shape index (κ2) is 6.82. The third-order valence-electron chi connectivity index (χ3n) is 4.72. The summed E-state index contributed by atoms with van der Waals surface area (Å²) < 4.78 is 0.950. The predicted molar refractivity (Wildman–Crippen MR) is 89.4 cm³/mol. The molecule has 0 unspecified atom stereocenters. The number of carbonyl (C=O) groups is 2. The minimum absolute atomic E-state index is 0.00409. The van der Waals surface area contributed by atoms with E-state index >= 15 is 0 Å². The Labute approximate surface area is 139 Å². The Hall–Kier alpha value is -1.36. The average Bonchev–Trinajstić information content (AvgIpc) is 2.45. The molecule has 1 aliphatic carbocycles. The molecule has 2 fully saturated rings. The highest BCUT2D eigenvalue weighted by Crippen LogP contribution is 2.30. The van der Waals surface area contributed by atoms with Crippen LogP contribution < -0.4 is 5.32 Å². The summed E-state index contributed by atoms with van der Waals surface area (Å²) in [6.45, 7) is 1.43. The van der Waals surface area contributed by atoms with Crippen molar-refractivity contribution in [3.8, 4) is 0 Å². The number of nitrogens with one attached hydrogen (secondary N) is 1. The fourth-order valence-corrected chi connectivity index (χ4v) is 3.49. The molecule has 3 rings (SSSR count). The minimum atomic E-state index is 0.00409. The van der Waals surface area contributed by atoms with Gasteiger partial charge in [-0.2, -0.15) is 0 Å². The average molecular weight is 365 g/mol. The molecule has 1 heterocycles. The van der Waals surface area contributed by atoms with E-state index in [1.54, 1.807) is 0 Å². The lowest BCUT2D eigenvalue weighted by Gasteiger charge is -2.36. The maximum atomic E-state index is 12.3. The van der Waals surface area contributed by atoms with Gasteiger partial charge in [0, 0.05) is 35.1 Å². The van der Waals surface area contributed by atoms with Crippen LogP contribution in [0.4, 0.5) is 5.69 Å². The number of amides is 2. The van der Waals surface area contributed by atoms with E-state index in [2.05, 4.69) is 21.2 Å². The van der Waals surface area contributed by atoms with Gasteiger partial charge < -0.3 is 10.2 Å². The van der Waals surface area contributed by atoms with Crippen molar-refractivity contribution in [2.24, 2.45) is 11.8 Å². The third kappa shape index (κ3) is 3.51. The van der Waals surface area contributed by atoms with Gasteiger partial charge in [-0.15, -0.1) is 0 Å². The van der Waals surface area contributed by atoms with Crippen molar-refractivity contribution in [3.05, 3.63) is 28.7 Å². The number of likely N-dealkylation sites (tertiary alicyclic amines) is 1. The molecule has 1 aromatic carbocycles. The molecular formula is C17H21BrN2O2. The summed E-state index contributed by atoms with van der Waals surface area (Å²) in [6, 6.07) is 7.62. The Kier molecular flexibility index (Phi) is 4.81. The van der Waals surface area contributed by atoms with Gasteiger partial charge in [0.25, 0.3) is 0 Å². The molecule has 0 spiro atoms. The second-order valence-electron chi connectivity index (χ2n) is 6.23. The Balaban J connectivity index is 1.50. The number of piperidine rings is 1. The summed E-state index contributed by atoms with van der Waals surface area (Å²) in [5, 5.41) is 2.97. The zero-order chi connectivity index (χ0) is 15.5. The SMILES string of the molecule is O=C(Nc1cccc(Br)c1)C1CCN(C(=O)C2CCC2)CC1. The van der Waals surface area contributed by atoms with E-state index in [1.165, 1.54) is 6.42 Å². The second-order valence-corrected chi connectivity index (χ2v) is 7.14. The first-order valence-corrected chi connectivity index (χ1v) is 8.78. The van der Waals surface area contributed by atoms with Crippen molar-refractivity contribution < 1.29 is 9.59 Å². The molecule has 22 heavy (non-hydrogen) atoms. The number of rotatable bonds is 3. The van der Waals surface area contributed by atoms with Crippen LogP contribution in [0.2, 0.25) is 0 Å². The number of carbonyl (C=O) groups excluding carboxylic acids is 2. The molecule has 1 saturated carbocycles. The van der Waals surface area contributed by atoms with E-state index in [0.717, 1.165) is 35.8 Å². The molecular weight excluding hydrogens is 344 g/mol. The van der Waals surface area contributed by atoms with E-state index in [4.69, 9.17) is 0 Å². The lowest BCUT2D eigenvalue weighted by molar-refractivity contribution is -0.140. The summed E-state index contributed by atoms with van der Waals surface area (Å²) in [4.78, 5) is 26.5. The van der Waals surface area contributed by atoms with Crippen LogP contribution in [0.25, 0.3) is 0 Å². The monoisotopic (exact) mass is 364 g/mol. The lowest BCUT2D eigenvalue weighted by Crippen LogP contribution is -2.45. The van der Waals surface area contributed by atoms with E-state index in [-0.39, 0.29) is 17.7 Å². The maximum absolute atomic E-state index is 12.3. The Bertz CT molecular complexity index is 564. The van der Waals surface area contributed by atoms with Crippen LogP contribution in [-0.2, 0) is 9.59 Å². The fourth-order valence-electron chi connectivity index (χ4n) is 3.09. The number of anilines is 1. The van der Waals surface area contributed by atoms with Crippen molar-refractivity contribution in [2.45, 2.75) is 32.1 Å². The molecule has 118 valence electrons. The van der Waals surface area contributed by atoms with E-state index < -0.39 is 0 Å². The van der Waals surface area contributed by atoms with Crippen molar-refractivity contribution in [1.29, 1.82) is 0 Å². The van der Waals surface area contributed by atoms with Gasteiger partial charge in [0.05, 0.1) is 0 Å². The van der Waals surface area contributed by atoms with Gasteiger partial charge in [0.15, 0.2) is 0 Å². The molecule has 0 radical (unpaired) electrons. The Morgan fingerprint density at radius 2 is 1.82 bits per heavy atom. The molecule has 2 aliphatic rings. The number of halogens is 1. The van der Waals surface area contributed by atoms with E-state index in [1.807, 2.05) is 29.2 Å². The Morgan fingerprint density at radius 3 is 2.41 bits per heavy atom. The quantitative estimate of drug-likeness (QED) is 0.892. The van der Waals surface area contributed by atoms with E-state index in [0.29, 0.717) is 19.0 Å². The van der Waals surface area contributed by atoms with Gasteiger partial charge in [0.1, 0.15) is 0 Å².